The number of carbonyl (C=O) groups is 1. The van der Waals surface area contributed by atoms with Crippen LogP contribution >= 0.6 is 23.3 Å². The van der Waals surface area contributed by atoms with Crippen molar-refractivity contribution in [2.75, 3.05) is 0 Å². The summed E-state index contributed by atoms with van der Waals surface area (Å²) in [4.78, 5) is 16.9. The van der Waals surface area contributed by atoms with Crippen molar-refractivity contribution < 1.29 is 14.6 Å². The lowest BCUT2D eigenvalue weighted by molar-refractivity contribution is -0.152. The van der Waals surface area contributed by atoms with E-state index < -0.39 is 11.6 Å². The molecule has 1 heterocycles. The maximum absolute atomic E-state index is 11.2. The van der Waals surface area contributed by atoms with Gasteiger partial charge in [0.1, 0.15) is 10.8 Å². The second kappa shape index (κ2) is 8.32. The largest absolute Gasteiger partial charge is 0.478 e. The molecule has 0 fully saturated rings. The fraction of sp³-hybridized carbons (Fsp3) is 0.286. The van der Waals surface area contributed by atoms with Crippen LogP contribution in [0.4, 0.5) is 0 Å². The molecule has 0 amide bonds. The van der Waals surface area contributed by atoms with Gasteiger partial charge in [0.25, 0.3) is 0 Å². The van der Waals surface area contributed by atoms with Gasteiger partial charge in [-0.25, -0.2) is 9.78 Å². The molecule has 0 unspecified atom stereocenters. The van der Waals surface area contributed by atoms with Gasteiger partial charge in [-0.2, -0.15) is 4.37 Å². The lowest BCUT2D eigenvalue weighted by Crippen LogP contribution is -2.38. The Labute approximate surface area is 173 Å². The molecule has 0 spiro atoms. The van der Waals surface area contributed by atoms with E-state index in [2.05, 4.69) is 28.4 Å². The summed E-state index contributed by atoms with van der Waals surface area (Å²) in [7, 11) is 0. The second-order valence-electron chi connectivity index (χ2n) is 7.01. The zero-order valence-electron chi connectivity index (χ0n) is 16.2. The van der Waals surface area contributed by atoms with Crippen molar-refractivity contribution in [3.05, 3.63) is 58.6 Å². The molecule has 0 saturated heterocycles. The molecule has 1 aromatic heterocycles. The third-order valence-corrected chi connectivity index (χ3v) is 6.07. The lowest BCUT2D eigenvalue weighted by atomic mass is 10.1. The molecule has 146 valence electrons. The minimum absolute atomic E-state index is 0.578. The highest BCUT2D eigenvalue weighted by atomic mass is 32.2. The van der Waals surface area contributed by atoms with E-state index in [1.165, 1.54) is 17.1 Å². The monoisotopic (exact) mass is 414 g/mol. The van der Waals surface area contributed by atoms with E-state index in [0.29, 0.717) is 5.75 Å². The molecule has 5 nitrogen and oxygen atoms in total. The van der Waals surface area contributed by atoms with Gasteiger partial charge in [-0.15, -0.1) is 11.8 Å². The summed E-state index contributed by atoms with van der Waals surface area (Å²) in [5.74, 6) is 1.07. The van der Waals surface area contributed by atoms with E-state index in [4.69, 9.17) is 4.74 Å². The second-order valence-corrected chi connectivity index (χ2v) is 8.90. The molecule has 0 aliphatic carbocycles. The number of nitrogens with zero attached hydrogens (tertiary/aromatic N) is 2. The molecule has 3 aromatic rings. The smallest absolute Gasteiger partial charge is 0.347 e. The molecule has 3 rings (SSSR count). The fourth-order valence-electron chi connectivity index (χ4n) is 2.42. The van der Waals surface area contributed by atoms with E-state index in [0.717, 1.165) is 32.6 Å². The average molecular weight is 415 g/mol. The first kappa shape index (κ1) is 20.4. The maximum Gasteiger partial charge on any atom is 0.347 e. The average Bonchev–Trinajstić information content (AvgIpc) is 3.11. The van der Waals surface area contributed by atoms with E-state index >= 15 is 0 Å². The van der Waals surface area contributed by atoms with Crippen LogP contribution < -0.4 is 4.74 Å². The molecular formula is C21H22N2O3S2. The Morgan fingerprint density at radius 3 is 2.54 bits per heavy atom. The number of hydrogen-bond acceptors (Lipinski definition) is 6. The number of aliphatic carboxylic acids is 1. The van der Waals surface area contributed by atoms with Crippen LogP contribution in [0.5, 0.6) is 5.75 Å². The van der Waals surface area contributed by atoms with Crippen LogP contribution in [0, 0.1) is 13.8 Å². The van der Waals surface area contributed by atoms with Crippen molar-refractivity contribution in [1.82, 2.24) is 9.36 Å². The number of rotatable bonds is 7. The summed E-state index contributed by atoms with van der Waals surface area (Å²) >= 11 is 3.08. The minimum Gasteiger partial charge on any atom is -0.478 e. The Balaban J connectivity index is 1.64. The summed E-state index contributed by atoms with van der Waals surface area (Å²) in [6.45, 7) is 7.05. The van der Waals surface area contributed by atoms with Crippen LogP contribution in [0.2, 0.25) is 0 Å². The molecule has 0 saturated carbocycles. The minimum atomic E-state index is -1.27. The number of carboxylic acid groups (broad SMARTS) is 1. The first-order valence-corrected chi connectivity index (χ1v) is 10.6. The van der Waals surface area contributed by atoms with Gasteiger partial charge >= 0.3 is 5.97 Å². The van der Waals surface area contributed by atoms with Gasteiger partial charge < -0.3 is 9.84 Å². The number of hydrogen-bond donors (Lipinski definition) is 1. The van der Waals surface area contributed by atoms with Crippen molar-refractivity contribution in [1.29, 1.82) is 0 Å². The van der Waals surface area contributed by atoms with Crippen LogP contribution in [0.15, 0.2) is 47.4 Å². The van der Waals surface area contributed by atoms with Gasteiger partial charge in [0.15, 0.2) is 11.4 Å². The van der Waals surface area contributed by atoms with Crippen LogP contribution in [0.25, 0.3) is 11.4 Å². The molecular weight excluding hydrogens is 392 g/mol. The number of aryl methyl sites for hydroxylation is 2. The Morgan fingerprint density at radius 1 is 1.18 bits per heavy atom. The first-order valence-electron chi connectivity index (χ1n) is 8.80. The van der Waals surface area contributed by atoms with Gasteiger partial charge in [-0.1, -0.05) is 29.8 Å². The van der Waals surface area contributed by atoms with Crippen molar-refractivity contribution in [3.8, 4) is 17.1 Å². The number of aromatic nitrogens is 2. The standard InChI is InChI=1S/C21H22N2O3S2/c1-13-5-7-15(8-6-13)19-22-18(28-23-19)12-27-16-9-10-17(14(2)11-16)26-21(3,4)20(24)25/h5-11H,12H2,1-4H3,(H,24,25). The highest BCUT2D eigenvalue weighted by molar-refractivity contribution is 7.98. The van der Waals surface area contributed by atoms with Crippen LogP contribution in [-0.4, -0.2) is 26.0 Å². The highest BCUT2D eigenvalue weighted by Crippen LogP contribution is 2.31. The number of benzene rings is 2. The van der Waals surface area contributed by atoms with E-state index in [-0.39, 0.29) is 0 Å². The summed E-state index contributed by atoms with van der Waals surface area (Å²) in [6.07, 6.45) is 0. The zero-order valence-corrected chi connectivity index (χ0v) is 17.9. The van der Waals surface area contributed by atoms with Crippen molar-refractivity contribution in [2.24, 2.45) is 0 Å². The number of thioether (sulfide) groups is 1. The quantitative estimate of drug-likeness (QED) is 0.525. The van der Waals surface area contributed by atoms with E-state index in [1.807, 2.05) is 37.3 Å². The molecule has 2 aromatic carbocycles. The van der Waals surface area contributed by atoms with Crippen LogP contribution in [0.1, 0.15) is 30.0 Å². The predicted molar refractivity (Wildman–Crippen MR) is 113 cm³/mol. The fourth-order valence-corrected chi connectivity index (χ4v) is 4.06. The molecule has 0 bridgehead atoms. The summed E-state index contributed by atoms with van der Waals surface area (Å²) in [5.41, 5.74) is 1.87. The van der Waals surface area contributed by atoms with Crippen LogP contribution in [0.3, 0.4) is 0 Å². The van der Waals surface area contributed by atoms with Gasteiger partial charge in [0.2, 0.25) is 0 Å². The third-order valence-electron chi connectivity index (χ3n) is 4.17. The molecule has 0 aliphatic heterocycles. The Morgan fingerprint density at radius 2 is 1.89 bits per heavy atom. The third kappa shape index (κ3) is 4.91. The molecule has 0 atom stereocenters. The molecule has 7 heteroatoms. The number of carboxylic acids is 1. The van der Waals surface area contributed by atoms with Gasteiger partial charge in [0, 0.05) is 10.5 Å². The van der Waals surface area contributed by atoms with Crippen molar-refractivity contribution >= 4 is 29.3 Å². The zero-order chi connectivity index (χ0) is 20.3. The van der Waals surface area contributed by atoms with Crippen LogP contribution in [-0.2, 0) is 10.5 Å². The highest BCUT2D eigenvalue weighted by Gasteiger charge is 2.29. The van der Waals surface area contributed by atoms with Gasteiger partial charge in [0.05, 0.1) is 5.75 Å². The van der Waals surface area contributed by atoms with Crippen molar-refractivity contribution in [2.45, 2.75) is 43.9 Å². The SMILES string of the molecule is Cc1ccc(-c2nsc(CSc3ccc(OC(C)(C)C(=O)O)c(C)c3)n2)cc1. The normalized spacial score (nSPS) is 11.4. The Hall–Kier alpha value is -2.38. The van der Waals surface area contributed by atoms with Gasteiger partial charge in [-0.3, -0.25) is 0 Å². The van der Waals surface area contributed by atoms with Crippen molar-refractivity contribution in [3.63, 3.8) is 0 Å². The number of ether oxygens (including phenoxy) is 1. The molecule has 1 N–H and O–H groups in total. The van der Waals surface area contributed by atoms with E-state index in [1.54, 1.807) is 25.6 Å². The van der Waals surface area contributed by atoms with E-state index in [9.17, 15) is 9.90 Å². The summed E-state index contributed by atoms with van der Waals surface area (Å²) < 4.78 is 10.1. The molecule has 28 heavy (non-hydrogen) atoms. The summed E-state index contributed by atoms with van der Waals surface area (Å²) in [5, 5.41) is 10.2. The molecule has 0 radical (unpaired) electrons. The molecule has 0 aliphatic rings. The lowest BCUT2D eigenvalue weighted by Gasteiger charge is -2.22. The summed E-state index contributed by atoms with van der Waals surface area (Å²) in [6, 6.07) is 13.9. The van der Waals surface area contributed by atoms with Gasteiger partial charge in [-0.05, 0) is 63.0 Å². The maximum atomic E-state index is 11.2. The topological polar surface area (TPSA) is 72.3 Å². The Bertz CT molecular complexity index is 982. The first-order chi connectivity index (χ1) is 13.2. The Kier molecular flexibility index (Phi) is 6.05. The predicted octanol–water partition coefficient (Wildman–Crippen LogP) is 5.36.